The van der Waals surface area contributed by atoms with Crippen LogP contribution in [0.5, 0.6) is 0 Å². The summed E-state index contributed by atoms with van der Waals surface area (Å²) in [6.07, 6.45) is 0. The summed E-state index contributed by atoms with van der Waals surface area (Å²) in [6.45, 7) is 6.61. The number of oxazole rings is 1. The van der Waals surface area contributed by atoms with Crippen LogP contribution in [0.3, 0.4) is 0 Å². The fourth-order valence-electron chi connectivity index (χ4n) is 1.11. The van der Waals surface area contributed by atoms with E-state index in [9.17, 15) is 4.79 Å². The number of rotatable bonds is 5. The first-order valence-electron chi connectivity index (χ1n) is 4.93. The van der Waals surface area contributed by atoms with E-state index in [2.05, 4.69) is 10.3 Å². The molecule has 1 unspecified atom stereocenters. The number of nitrogens with one attached hydrogen (secondary N) is 1. The first kappa shape index (κ1) is 11.7. The van der Waals surface area contributed by atoms with E-state index >= 15 is 0 Å². The van der Waals surface area contributed by atoms with Gasteiger partial charge in [0, 0.05) is 12.5 Å². The van der Waals surface area contributed by atoms with Gasteiger partial charge in [-0.1, -0.05) is 6.92 Å². The third-order valence-corrected chi connectivity index (χ3v) is 2.29. The molecule has 1 atom stereocenters. The zero-order chi connectivity index (χ0) is 11.4. The summed E-state index contributed by atoms with van der Waals surface area (Å²) in [5.41, 5.74) is 6.02. The van der Waals surface area contributed by atoms with E-state index in [0.29, 0.717) is 19.0 Å². The lowest BCUT2D eigenvalue weighted by Gasteiger charge is -2.06. The molecule has 0 aromatic carbocycles. The van der Waals surface area contributed by atoms with Crippen molar-refractivity contribution in [2.45, 2.75) is 27.3 Å². The average molecular weight is 211 g/mol. The number of carbonyl (C=O) groups excluding carboxylic acids is 1. The number of aromatic nitrogens is 1. The molecule has 1 aromatic heterocycles. The number of hydrogen-bond donors (Lipinski definition) is 2. The Bertz CT molecular complexity index is 327. The van der Waals surface area contributed by atoms with Gasteiger partial charge in [-0.3, -0.25) is 4.79 Å². The number of amides is 1. The topological polar surface area (TPSA) is 81.1 Å². The highest BCUT2D eigenvalue weighted by Crippen LogP contribution is 2.07. The molecule has 5 heteroatoms. The van der Waals surface area contributed by atoms with Crippen molar-refractivity contribution in [3.8, 4) is 0 Å². The monoisotopic (exact) mass is 211 g/mol. The first-order valence-corrected chi connectivity index (χ1v) is 4.93. The number of hydrogen-bond acceptors (Lipinski definition) is 4. The lowest BCUT2D eigenvalue weighted by molar-refractivity contribution is -0.121. The minimum absolute atomic E-state index is 0.179. The number of carbonyl (C=O) groups is 1. The Morgan fingerprint density at radius 1 is 1.60 bits per heavy atom. The second-order valence-electron chi connectivity index (χ2n) is 3.68. The number of aryl methyl sites for hydroxylation is 2. The molecule has 0 radical (unpaired) electrons. The van der Waals surface area contributed by atoms with Gasteiger partial charge in [0.2, 0.25) is 11.8 Å². The van der Waals surface area contributed by atoms with Crippen LogP contribution < -0.4 is 11.1 Å². The fraction of sp³-hybridized carbons (Fsp3) is 0.600. The van der Waals surface area contributed by atoms with Crippen LogP contribution in [0, 0.1) is 19.8 Å². The second kappa shape index (κ2) is 4.93. The molecule has 84 valence electrons. The smallest absolute Gasteiger partial charge is 0.221 e. The highest BCUT2D eigenvalue weighted by Gasteiger charge is 2.09. The molecule has 1 aromatic rings. The highest BCUT2D eigenvalue weighted by atomic mass is 16.4. The van der Waals surface area contributed by atoms with Crippen molar-refractivity contribution in [3.05, 3.63) is 17.3 Å². The van der Waals surface area contributed by atoms with Gasteiger partial charge in [-0.05, 0) is 13.8 Å². The molecule has 0 aliphatic heterocycles. The Balaban J connectivity index is 2.35. The first-order chi connectivity index (χ1) is 7.00. The maximum Gasteiger partial charge on any atom is 0.221 e. The lowest BCUT2D eigenvalue weighted by atomic mass is 10.2. The van der Waals surface area contributed by atoms with E-state index in [-0.39, 0.29) is 11.8 Å². The van der Waals surface area contributed by atoms with Gasteiger partial charge in [-0.2, -0.15) is 0 Å². The van der Waals surface area contributed by atoms with Crippen LogP contribution in [-0.4, -0.2) is 17.4 Å². The summed E-state index contributed by atoms with van der Waals surface area (Å²) in [5, 5.41) is 3.07. The molecule has 0 bridgehead atoms. The second-order valence-corrected chi connectivity index (χ2v) is 3.68. The van der Waals surface area contributed by atoms with E-state index in [1.165, 1.54) is 0 Å². The normalized spacial score (nSPS) is 12.7. The van der Waals surface area contributed by atoms with Gasteiger partial charge in [0.05, 0.1) is 12.2 Å². The van der Waals surface area contributed by atoms with E-state index in [0.717, 1.165) is 11.5 Å². The number of nitrogens with two attached hydrogens (primary N) is 1. The zero-order valence-corrected chi connectivity index (χ0v) is 9.33. The number of primary amides is 1. The maximum absolute atomic E-state index is 10.7. The minimum atomic E-state index is -0.303. The van der Waals surface area contributed by atoms with Crippen LogP contribution in [0.1, 0.15) is 24.3 Å². The summed E-state index contributed by atoms with van der Waals surface area (Å²) in [7, 11) is 0. The van der Waals surface area contributed by atoms with Crippen molar-refractivity contribution in [3.63, 3.8) is 0 Å². The molecular formula is C10H17N3O2. The molecule has 0 fully saturated rings. The standard InChI is InChI=1S/C10H17N3O2/c1-6(10(11)14)4-12-5-9-13-7(2)8(3)15-9/h6,12H,4-5H2,1-3H3,(H2,11,14). The van der Waals surface area contributed by atoms with Crippen LogP contribution in [-0.2, 0) is 11.3 Å². The summed E-state index contributed by atoms with van der Waals surface area (Å²) in [4.78, 5) is 14.9. The Hall–Kier alpha value is -1.36. The van der Waals surface area contributed by atoms with E-state index < -0.39 is 0 Å². The lowest BCUT2D eigenvalue weighted by Crippen LogP contribution is -2.30. The van der Waals surface area contributed by atoms with Crippen LogP contribution >= 0.6 is 0 Å². The Labute approximate surface area is 89.1 Å². The number of nitrogens with zero attached hydrogens (tertiary/aromatic N) is 1. The van der Waals surface area contributed by atoms with E-state index in [4.69, 9.17) is 10.2 Å². The molecule has 5 nitrogen and oxygen atoms in total. The SMILES string of the molecule is Cc1nc(CNCC(C)C(N)=O)oc1C. The van der Waals surface area contributed by atoms with E-state index in [1.54, 1.807) is 6.92 Å². The van der Waals surface area contributed by atoms with Gasteiger partial charge in [0.15, 0.2) is 0 Å². The average Bonchev–Trinajstić information content (AvgIpc) is 2.46. The zero-order valence-electron chi connectivity index (χ0n) is 9.33. The Morgan fingerprint density at radius 2 is 2.27 bits per heavy atom. The van der Waals surface area contributed by atoms with Crippen molar-refractivity contribution in [2.75, 3.05) is 6.54 Å². The van der Waals surface area contributed by atoms with Gasteiger partial charge < -0.3 is 15.5 Å². The van der Waals surface area contributed by atoms with Crippen LogP contribution in [0.2, 0.25) is 0 Å². The third-order valence-electron chi connectivity index (χ3n) is 2.29. The maximum atomic E-state index is 10.7. The van der Waals surface area contributed by atoms with Gasteiger partial charge in [-0.25, -0.2) is 4.98 Å². The Morgan fingerprint density at radius 3 is 2.73 bits per heavy atom. The van der Waals surface area contributed by atoms with Gasteiger partial charge in [0.1, 0.15) is 5.76 Å². The fourth-order valence-corrected chi connectivity index (χ4v) is 1.11. The third kappa shape index (κ3) is 3.36. The van der Waals surface area contributed by atoms with Crippen LogP contribution in [0.4, 0.5) is 0 Å². The molecule has 0 saturated carbocycles. The van der Waals surface area contributed by atoms with Crippen LogP contribution in [0.25, 0.3) is 0 Å². The summed E-state index contributed by atoms with van der Waals surface area (Å²) < 4.78 is 5.37. The molecule has 15 heavy (non-hydrogen) atoms. The van der Waals surface area contributed by atoms with Crippen molar-refractivity contribution in [1.82, 2.24) is 10.3 Å². The molecule has 0 saturated heterocycles. The largest absolute Gasteiger partial charge is 0.444 e. The Kier molecular flexibility index (Phi) is 3.85. The van der Waals surface area contributed by atoms with Crippen molar-refractivity contribution in [1.29, 1.82) is 0 Å². The van der Waals surface area contributed by atoms with Gasteiger partial charge >= 0.3 is 0 Å². The molecule has 3 N–H and O–H groups in total. The predicted octanol–water partition coefficient (Wildman–Crippen LogP) is 0.502. The minimum Gasteiger partial charge on any atom is -0.444 e. The van der Waals surface area contributed by atoms with Crippen molar-refractivity contribution < 1.29 is 9.21 Å². The van der Waals surface area contributed by atoms with Crippen molar-refractivity contribution >= 4 is 5.91 Å². The molecule has 0 aliphatic rings. The van der Waals surface area contributed by atoms with Gasteiger partial charge in [-0.15, -0.1) is 0 Å². The summed E-state index contributed by atoms with van der Waals surface area (Å²) in [6, 6.07) is 0. The summed E-state index contributed by atoms with van der Waals surface area (Å²) >= 11 is 0. The predicted molar refractivity (Wildman–Crippen MR) is 56.0 cm³/mol. The summed E-state index contributed by atoms with van der Waals surface area (Å²) in [5.74, 6) is 0.987. The van der Waals surface area contributed by atoms with Crippen LogP contribution in [0.15, 0.2) is 4.42 Å². The van der Waals surface area contributed by atoms with Gasteiger partial charge in [0.25, 0.3) is 0 Å². The van der Waals surface area contributed by atoms with E-state index in [1.807, 2.05) is 13.8 Å². The molecule has 0 aliphatic carbocycles. The molecule has 1 heterocycles. The van der Waals surface area contributed by atoms with Crippen molar-refractivity contribution in [2.24, 2.45) is 11.7 Å². The highest BCUT2D eigenvalue weighted by molar-refractivity contribution is 5.76. The quantitative estimate of drug-likeness (QED) is 0.743. The molecule has 1 amide bonds. The molecular weight excluding hydrogens is 194 g/mol. The molecule has 0 spiro atoms. The molecule has 1 rings (SSSR count).